The Hall–Kier alpha value is -2.60. The highest BCUT2D eigenvalue weighted by molar-refractivity contribution is 6.20. The molecule has 0 saturated carbocycles. The minimum atomic E-state index is -4.92. The molecule has 10 heteroatoms. The van der Waals surface area contributed by atoms with Crippen LogP contribution in [0.15, 0.2) is 27.8 Å². The molecule has 26 heavy (non-hydrogen) atoms. The third kappa shape index (κ3) is 3.65. The lowest BCUT2D eigenvalue weighted by Gasteiger charge is -2.15. The first-order valence-electron chi connectivity index (χ1n) is 7.24. The van der Waals surface area contributed by atoms with Crippen molar-refractivity contribution in [1.82, 2.24) is 9.13 Å². The SMILES string of the molecule is CC(Cl)Cc1cc(-n2c(=O)cc(C(F)(F)F)n(C)c2=O)c(F)cc1C#N. The lowest BCUT2D eigenvalue weighted by molar-refractivity contribution is -0.144. The molecule has 0 saturated heterocycles. The molecule has 1 unspecified atom stereocenters. The van der Waals surface area contributed by atoms with E-state index in [0.29, 0.717) is 0 Å². The average Bonchev–Trinajstić information content (AvgIpc) is 2.51. The van der Waals surface area contributed by atoms with Gasteiger partial charge in [0.25, 0.3) is 5.56 Å². The number of hydrogen-bond acceptors (Lipinski definition) is 3. The van der Waals surface area contributed by atoms with E-state index in [9.17, 15) is 27.2 Å². The fourth-order valence-electron chi connectivity index (χ4n) is 2.47. The van der Waals surface area contributed by atoms with E-state index in [1.807, 2.05) is 0 Å². The van der Waals surface area contributed by atoms with E-state index in [-0.39, 0.29) is 32.7 Å². The van der Waals surface area contributed by atoms with E-state index in [0.717, 1.165) is 19.2 Å². The largest absolute Gasteiger partial charge is 0.431 e. The monoisotopic (exact) mass is 389 g/mol. The van der Waals surface area contributed by atoms with Crippen molar-refractivity contribution < 1.29 is 17.6 Å². The molecule has 1 heterocycles. The van der Waals surface area contributed by atoms with Gasteiger partial charge < -0.3 is 0 Å². The van der Waals surface area contributed by atoms with Crippen LogP contribution in [0.3, 0.4) is 0 Å². The summed E-state index contributed by atoms with van der Waals surface area (Å²) >= 11 is 5.88. The van der Waals surface area contributed by atoms with Crippen LogP contribution in [0, 0.1) is 17.1 Å². The topological polar surface area (TPSA) is 67.8 Å². The van der Waals surface area contributed by atoms with E-state index in [4.69, 9.17) is 16.9 Å². The Labute approximate surface area is 149 Å². The van der Waals surface area contributed by atoms with Crippen LogP contribution in [-0.2, 0) is 19.6 Å². The summed E-state index contributed by atoms with van der Waals surface area (Å²) in [7, 11) is 0.824. The first-order chi connectivity index (χ1) is 12.0. The molecular weight excluding hydrogens is 378 g/mol. The van der Waals surface area contributed by atoms with Gasteiger partial charge in [0.05, 0.1) is 17.3 Å². The van der Waals surface area contributed by atoms with Crippen LogP contribution in [0.2, 0.25) is 0 Å². The highest BCUT2D eigenvalue weighted by Gasteiger charge is 2.35. The maximum atomic E-state index is 14.4. The molecule has 5 nitrogen and oxygen atoms in total. The Balaban J connectivity index is 2.82. The molecule has 2 aromatic rings. The lowest BCUT2D eigenvalue weighted by Crippen LogP contribution is -2.41. The van der Waals surface area contributed by atoms with Gasteiger partial charge in [0.1, 0.15) is 11.5 Å². The van der Waals surface area contributed by atoms with Crippen molar-refractivity contribution in [2.75, 3.05) is 0 Å². The third-order valence-electron chi connectivity index (χ3n) is 3.65. The predicted octanol–water partition coefficient (Wildman–Crippen LogP) is 2.74. The molecule has 1 aromatic heterocycles. The summed E-state index contributed by atoms with van der Waals surface area (Å²) in [5.74, 6) is -1.09. The van der Waals surface area contributed by atoms with E-state index in [1.54, 1.807) is 13.0 Å². The summed E-state index contributed by atoms with van der Waals surface area (Å²) in [6.45, 7) is 1.62. The highest BCUT2D eigenvalue weighted by Crippen LogP contribution is 2.27. The van der Waals surface area contributed by atoms with Crippen molar-refractivity contribution in [2.24, 2.45) is 7.05 Å². The number of aromatic nitrogens is 2. The van der Waals surface area contributed by atoms with Gasteiger partial charge in [0.2, 0.25) is 0 Å². The fourth-order valence-corrected chi connectivity index (χ4v) is 2.64. The van der Waals surface area contributed by atoms with Crippen molar-refractivity contribution in [1.29, 1.82) is 5.26 Å². The molecule has 1 atom stereocenters. The van der Waals surface area contributed by atoms with E-state index in [1.165, 1.54) is 0 Å². The van der Waals surface area contributed by atoms with Crippen LogP contribution in [0.25, 0.3) is 5.69 Å². The molecule has 0 bridgehead atoms. The Morgan fingerprint density at radius 3 is 2.38 bits per heavy atom. The van der Waals surface area contributed by atoms with Crippen LogP contribution in [-0.4, -0.2) is 14.5 Å². The lowest BCUT2D eigenvalue weighted by atomic mass is 10.0. The number of nitrogens with zero attached hydrogens (tertiary/aromatic N) is 3. The Bertz CT molecular complexity index is 1020. The standard InChI is InChI=1S/C16H12ClF4N3O2/c1-8(17)3-9-5-12(11(18)4-10(9)7-22)24-14(25)6-13(16(19,20)21)23(2)15(24)26/h4-6,8H,3H2,1-2H3. The number of hydrogen-bond donors (Lipinski definition) is 0. The van der Waals surface area contributed by atoms with E-state index >= 15 is 0 Å². The van der Waals surface area contributed by atoms with Crippen molar-refractivity contribution in [3.8, 4) is 11.8 Å². The van der Waals surface area contributed by atoms with Crippen LogP contribution in [0.1, 0.15) is 23.7 Å². The summed E-state index contributed by atoms with van der Waals surface area (Å²) < 4.78 is 53.5. The predicted molar refractivity (Wildman–Crippen MR) is 86.0 cm³/mol. The first-order valence-corrected chi connectivity index (χ1v) is 7.68. The smallest absolute Gasteiger partial charge is 0.292 e. The van der Waals surface area contributed by atoms with Crippen molar-refractivity contribution in [2.45, 2.75) is 24.9 Å². The van der Waals surface area contributed by atoms with Gasteiger partial charge in [-0.1, -0.05) is 0 Å². The zero-order valence-corrected chi connectivity index (χ0v) is 14.3. The van der Waals surface area contributed by atoms with E-state index < -0.39 is 40.0 Å². The number of rotatable bonds is 3. The summed E-state index contributed by atoms with van der Waals surface area (Å²) in [5, 5.41) is 8.64. The van der Waals surface area contributed by atoms with Crippen molar-refractivity contribution >= 4 is 11.6 Å². The number of halogens is 5. The molecule has 1 aromatic carbocycles. The van der Waals surface area contributed by atoms with Crippen molar-refractivity contribution in [3.05, 3.63) is 61.7 Å². The number of benzene rings is 1. The molecule has 0 spiro atoms. The van der Waals surface area contributed by atoms with Gasteiger partial charge in [0.15, 0.2) is 0 Å². The zero-order valence-electron chi connectivity index (χ0n) is 13.6. The molecule has 0 amide bonds. The van der Waals surface area contributed by atoms with E-state index in [2.05, 4.69) is 0 Å². The molecule has 0 radical (unpaired) electrons. The average molecular weight is 390 g/mol. The molecule has 0 aliphatic rings. The second kappa shape index (κ2) is 6.96. The van der Waals surface area contributed by atoms with Gasteiger partial charge in [-0.05, 0) is 31.0 Å². The molecule has 0 N–H and O–H groups in total. The van der Waals surface area contributed by atoms with Crippen LogP contribution < -0.4 is 11.2 Å². The quantitative estimate of drug-likeness (QED) is 0.599. The summed E-state index contributed by atoms with van der Waals surface area (Å²) in [5.41, 5.74) is -4.48. The van der Waals surface area contributed by atoms with Gasteiger partial charge >= 0.3 is 11.9 Å². The van der Waals surface area contributed by atoms with Gasteiger partial charge in [-0.25, -0.2) is 13.8 Å². The number of nitriles is 1. The maximum absolute atomic E-state index is 14.4. The maximum Gasteiger partial charge on any atom is 0.431 e. The molecule has 0 aliphatic heterocycles. The Kier molecular flexibility index (Phi) is 5.28. The zero-order chi connectivity index (χ0) is 19.8. The third-order valence-corrected chi connectivity index (χ3v) is 3.80. The fraction of sp³-hybridized carbons (Fsp3) is 0.312. The van der Waals surface area contributed by atoms with Crippen LogP contribution in [0.5, 0.6) is 0 Å². The highest BCUT2D eigenvalue weighted by atomic mass is 35.5. The molecule has 2 rings (SSSR count). The summed E-state index contributed by atoms with van der Waals surface area (Å²) in [4.78, 5) is 24.4. The summed E-state index contributed by atoms with van der Waals surface area (Å²) in [6.07, 6.45) is -4.79. The minimum absolute atomic E-state index is 0.0458. The summed E-state index contributed by atoms with van der Waals surface area (Å²) in [6, 6.07) is 3.87. The molecule has 138 valence electrons. The first kappa shape index (κ1) is 19.7. The van der Waals surface area contributed by atoms with Gasteiger partial charge in [-0.15, -0.1) is 11.6 Å². The van der Waals surface area contributed by atoms with Crippen LogP contribution >= 0.6 is 11.6 Å². The van der Waals surface area contributed by atoms with Gasteiger partial charge in [0, 0.05) is 18.5 Å². The molecular formula is C16H12ClF4N3O2. The second-order valence-electron chi connectivity index (χ2n) is 5.60. The normalized spacial score (nSPS) is 12.7. The van der Waals surface area contributed by atoms with Crippen molar-refractivity contribution in [3.63, 3.8) is 0 Å². The van der Waals surface area contributed by atoms with Gasteiger partial charge in [-0.3, -0.25) is 9.36 Å². The Morgan fingerprint density at radius 1 is 1.27 bits per heavy atom. The number of alkyl halides is 4. The Morgan fingerprint density at radius 2 is 1.88 bits per heavy atom. The minimum Gasteiger partial charge on any atom is -0.292 e. The molecule has 0 fully saturated rings. The molecule has 0 aliphatic carbocycles. The van der Waals surface area contributed by atoms with Gasteiger partial charge in [-0.2, -0.15) is 18.4 Å². The second-order valence-corrected chi connectivity index (χ2v) is 6.35. The van der Waals surface area contributed by atoms with Crippen LogP contribution in [0.4, 0.5) is 17.6 Å².